The molecule has 1 saturated heterocycles. The van der Waals surface area contributed by atoms with Crippen LogP contribution >= 0.6 is 0 Å². The van der Waals surface area contributed by atoms with Gasteiger partial charge >= 0.3 is 12.1 Å². The summed E-state index contributed by atoms with van der Waals surface area (Å²) in [6, 6.07) is 1.18. The molecule has 1 fully saturated rings. The summed E-state index contributed by atoms with van der Waals surface area (Å²) >= 11 is 0. The molecule has 1 amide bonds. The van der Waals surface area contributed by atoms with Gasteiger partial charge < -0.3 is 14.4 Å². The van der Waals surface area contributed by atoms with Crippen molar-refractivity contribution >= 4 is 17.9 Å². The summed E-state index contributed by atoms with van der Waals surface area (Å²) in [5.74, 6) is 0.358. The SMILES string of the molecule is COC(=O)[C@@H]1CN(c2cc(C)n[nH]2)CCN1C(=O)OC(C)(C)C. The average molecular weight is 324 g/mol. The molecule has 0 spiro atoms. The first-order valence-electron chi connectivity index (χ1n) is 7.55. The molecule has 8 heteroatoms. The van der Waals surface area contributed by atoms with E-state index in [1.165, 1.54) is 12.0 Å². The predicted octanol–water partition coefficient (Wildman–Crippen LogP) is 1.32. The number of aromatic amines is 1. The number of hydrogen-bond acceptors (Lipinski definition) is 6. The fourth-order valence-electron chi connectivity index (χ4n) is 2.45. The number of amides is 1. The molecule has 23 heavy (non-hydrogen) atoms. The van der Waals surface area contributed by atoms with Crippen LogP contribution in [0.3, 0.4) is 0 Å². The van der Waals surface area contributed by atoms with E-state index < -0.39 is 23.7 Å². The van der Waals surface area contributed by atoms with Crippen molar-refractivity contribution in [2.75, 3.05) is 31.6 Å². The Balaban J connectivity index is 2.15. The van der Waals surface area contributed by atoms with Gasteiger partial charge in [0.25, 0.3) is 0 Å². The highest BCUT2D eigenvalue weighted by Gasteiger charge is 2.38. The molecule has 0 bridgehead atoms. The zero-order valence-electron chi connectivity index (χ0n) is 14.3. The van der Waals surface area contributed by atoms with Gasteiger partial charge in [0.2, 0.25) is 0 Å². The third-order valence-electron chi connectivity index (χ3n) is 3.51. The van der Waals surface area contributed by atoms with Gasteiger partial charge in [-0.2, -0.15) is 5.10 Å². The van der Waals surface area contributed by atoms with Gasteiger partial charge in [0.05, 0.1) is 19.3 Å². The molecule has 128 valence electrons. The predicted molar refractivity (Wildman–Crippen MR) is 84.3 cm³/mol. The van der Waals surface area contributed by atoms with Gasteiger partial charge in [0, 0.05) is 19.2 Å². The summed E-state index contributed by atoms with van der Waals surface area (Å²) in [6.07, 6.45) is -0.506. The molecule has 0 saturated carbocycles. The molecule has 0 aliphatic carbocycles. The van der Waals surface area contributed by atoms with Crippen LogP contribution in [0.5, 0.6) is 0 Å². The smallest absolute Gasteiger partial charge is 0.411 e. The van der Waals surface area contributed by atoms with Crippen molar-refractivity contribution in [1.82, 2.24) is 15.1 Å². The second kappa shape index (κ2) is 6.47. The molecule has 2 rings (SSSR count). The van der Waals surface area contributed by atoms with Crippen molar-refractivity contribution in [2.45, 2.75) is 39.3 Å². The number of nitrogens with one attached hydrogen (secondary N) is 1. The summed E-state index contributed by atoms with van der Waals surface area (Å²) < 4.78 is 10.2. The highest BCUT2D eigenvalue weighted by molar-refractivity contribution is 5.82. The fraction of sp³-hybridized carbons (Fsp3) is 0.667. The molecule has 1 aromatic heterocycles. The quantitative estimate of drug-likeness (QED) is 0.826. The van der Waals surface area contributed by atoms with E-state index in [0.717, 1.165) is 11.5 Å². The van der Waals surface area contributed by atoms with Crippen LogP contribution in [-0.2, 0) is 14.3 Å². The lowest BCUT2D eigenvalue weighted by Crippen LogP contribution is -2.59. The first kappa shape index (κ1) is 17.1. The van der Waals surface area contributed by atoms with E-state index in [1.54, 1.807) is 20.8 Å². The minimum atomic E-state index is -0.716. The van der Waals surface area contributed by atoms with E-state index in [4.69, 9.17) is 9.47 Å². The lowest BCUT2D eigenvalue weighted by molar-refractivity contribution is -0.147. The second-order valence-corrected chi connectivity index (χ2v) is 6.55. The normalized spacial score (nSPS) is 18.7. The van der Waals surface area contributed by atoms with E-state index in [9.17, 15) is 9.59 Å². The number of methoxy groups -OCH3 is 1. The van der Waals surface area contributed by atoms with Crippen LogP contribution in [0.25, 0.3) is 0 Å². The molecule has 1 N–H and O–H groups in total. The maximum Gasteiger partial charge on any atom is 0.411 e. The molecule has 1 atom stereocenters. The summed E-state index contributed by atoms with van der Waals surface area (Å²) in [6.45, 7) is 8.54. The van der Waals surface area contributed by atoms with Crippen molar-refractivity contribution in [3.05, 3.63) is 11.8 Å². The van der Waals surface area contributed by atoms with E-state index in [1.807, 2.05) is 17.9 Å². The lowest BCUT2D eigenvalue weighted by atomic mass is 10.1. The molecule has 2 heterocycles. The van der Waals surface area contributed by atoms with Crippen molar-refractivity contribution < 1.29 is 19.1 Å². The Labute approximate surface area is 135 Å². The van der Waals surface area contributed by atoms with Crippen LogP contribution in [-0.4, -0.2) is 65.5 Å². The summed E-state index contributed by atoms with van der Waals surface area (Å²) in [4.78, 5) is 27.9. The van der Waals surface area contributed by atoms with Gasteiger partial charge in [0.1, 0.15) is 11.4 Å². The maximum absolute atomic E-state index is 12.3. The highest BCUT2D eigenvalue weighted by atomic mass is 16.6. The molecule has 0 radical (unpaired) electrons. The summed E-state index contributed by atoms with van der Waals surface area (Å²) in [7, 11) is 1.31. The average Bonchev–Trinajstić information content (AvgIpc) is 2.90. The summed E-state index contributed by atoms with van der Waals surface area (Å²) in [5, 5.41) is 7.02. The third kappa shape index (κ3) is 4.14. The molecule has 1 aliphatic heterocycles. The van der Waals surface area contributed by atoms with Gasteiger partial charge in [-0.25, -0.2) is 9.59 Å². The largest absolute Gasteiger partial charge is 0.467 e. The molecule has 1 aliphatic rings. The molecular formula is C15H24N4O4. The number of carbonyl (C=O) groups excluding carboxylic acids is 2. The Morgan fingerprint density at radius 3 is 2.57 bits per heavy atom. The van der Waals surface area contributed by atoms with Crippen LogP contribution in [0.4, 0.5) is 10.6 Å². The lowest BCUT2D eigenvalue weighted by Gasteiger charge is -2.40. The van der Waals surface area contributed by atoms with Gasteiger partial charge in [-0.3, -0.25) is 10.00 Å². The van der Waals surface area contributed by atoms with E-state index in [2.05, 4.69) is 10.2 Å². The monoisotopic (exact) mass is 324 g/mol. The Bertz CT molecular complexity index is 578. The minimum absolute atomic E-state index is 0.327. The zero-order chi connectivity index (χ0) is 17.2. The molecule has 0 aromatic carbocycles. The van der Waals surface area contributed by atoms with Crippen LogP contribution in [0, 0.1) is 6.92 Å². The van der Waals surface area contributed by atoms with E-state index in [0.29, 0.717) is 19.6 Å². The Hall–Kier alpha value is -2.25. The summed E-state index contributed by atoms with van der Waals surface area (Å²) in [5.41, 5.74) is 0.249. The molecular weight excluding hydrogens is 300 g/mol. The third-order valence-corrected chi connectivity index (χ3v) is 3.51. The molecule has 8 nitrogen and oxygen atoms in total. The number of ether oxygens (including phenoxy) is 2. The van der Waals surface area contributed by atoms with Crippen LogP contribution in [0.15, 0.2) is 6.07 Å². The number of H-pyrrole nitrogens is 1. The number of esters is 1. The Morgan fingerprint density at radius 2 is 2.04 bits per heavy atom. The first-order valence-corrected chi connectivity index (χ1v) is 7.55. The Morgan fingerprint density at radius 1 is 1.35 bits per heavy atom. The van der Waals surface area contributed by atoms with Crippen LogP contribution in [0.1, 0.15) is 26.5 Å². The fourth-order valence-corrected chi connectivity index (χ4v) is 2.45. The van der Waals surface area contributed by atoms with E-state index in [-0.39, 0.29) is 0 Å². The minimum Gasteiger partial charge on any atom is -0.467 e. The van der Waals surface area contributed by atoms with Crippen LogP contribution < -0.4 is 4.90 Å². The number of carbonyl (C=O) groups is 2. The van der Waals surface area contributed by atoms with Gasteiger partial charge in [-0.15, -0.1) is 0 Å². The number of aryl methyl sites for hydroxylation is 1. The zero-order valence-corrected chi connectivity index (χ0v) is 14.3. The number of piperazine rings is 1. The van der Waals surface area contributed by atoms with Crippen molar-refractivity contribution in [3.8, 4) is 0 Å². The highest BCUT2D eigenvalue weighted by Crippen LogP contribution is 2.20. The van der Waals surface area contributed by atoms with E-state index >= 15 is 0 Å². The topological polar surface area (TPSA) is 87.8 Å². The number of aromatic nitrogens is 2. The van der Waals surface area contributed by atoms with Crippen molar-refractivity contribution in [2.24, 2.45) is 0 Å². The van der Waals surface area contributed by atoms with Crippen molar-refractivity contribution in [1.29, 1.82) is 0 Å². The maximum atomic E-state index is 12.3. The van der Waals surface area contributed by atoms with Gasteiger partial charge in [-0.05, 0) is 27.7 Å². The Kier molecular flexibility index (Phi) is 4.82. The second-order valence-electron chi connectivity index (χ2n) is 6.55. The van der Waals surface area contributed by atoms with Crippen LogP contribution in [0.2, 0.25) is 0 Å². The number of rotatable bonds is 2. The standard InChI is InChI=1S/C15H24N4O4/c1-10-8-12(17-16-10)18-6-7-19(11(9-18)13(20)22-5)14(21)23-15(2,3)4/h8,11H,6-7,9H2,1-5H3,(H,16,17)/t11-/m0/s1. The van der Waals surface area contributed by atoms with Crippen molar-refractivity contribution in [3.63, 3.8) is 0 Å². The van der Waals surface area contributed by atoms with Gasteiger partial charge in [0.15, 0.2) is 6.04 Å². The van der Waals surface area contributed by atoms with Gasteiger partial charge in [-0.1, -0.05) is 0 Å². The molecule has 0 unspecified atom stereocenters. The molecule has 1 aromatic rings. The number of nitrogens with zero attached hydrogens (tertiary/aromatic N) is 3. The number of hydrogen-bond donors (Lipinski definition) is 1. The first-order chi connectivity index (χ1) is 10.7. The number of anilines is 1.